The number of nitrogens with one attached hydrogen (secondary N) is 4. The minimum absolute atomic E-state index is 0. The second-order valence-electron chi connectivity index (χ2n) is 11.8. The van der Waals surface area contributed by atoms with Gasteiger partial charge < -0.3 is 30.9 Å². The third-order valence-electron chi connectivity index (χ3n) is 7.46. The largest absolute Gasteiger partial charge is 0.458 e. The average Bonchev–Trinajstić information content (AvgIpc) is 3.72. The number of benzene rings is 2. The molecule has 0 aliphatic heterocycles. The Morgan fingerprint density at radius 1 is 1.00 bits per heavy atom. The molecule has 0 spiro atoms. The molecule has 3 atom stereocenters. The lowest BCUT2D eigenvalue weighted by Gasteiger charge is -2.26. The van der Waals surface area contributed by atoms with E-state index in [0.717, 1.165) is 22.5 Å². The number of esters is 1. The van der Waals surface area contributed by atoms with Crippen LogP contribution < -0.4 is 21.7 Å². The summed E-state index contributed by atoms with van der Waals surface area (Å²) < 4.78 is 23.9. The molecule has 4 amide bonds. The number of halogens is 2. The number of nitrogens with two attached hydrogens (primary N) is 1. The maximum atomic E-state index is 13.7. The van der Waals surface area contributed by atoms with Crippen molar-refractivity contribution in [3.05, 3.63) is 95.3 Å². The van der Waals surface area contributed by atoms with Crippen molar-refractivity contribution >= 4 is 52.9 Å². The maximum absolute atomic E-state index is 13.7. The Bertz CT molecular complexity index is 1820. The summed E-state index contributed by atoms with van der Waals surface area (Å²) in [7, 11) is 0. The van der Waals surface area contributed by atoms with Crippen LogP contribution in [0.5, 0.6) is 0 Å². The van der Waals surface area contributed by atoms with Gasteiger partial charge in [0.2, 0.25) is 17.7 Å². The van der Waals surface area contributed by atoms with E-state index in [2.05, 4.69) is 31.3 Å². The molecular formula is C34H39ClFN7O7. The molecule has 0 saturated heterocycles. The zero-order chi connectivity index (χ0) is 35.5. The van der Waals surface area contributed by atoms with E-state index in [1.165, 1.54) is 36.4 Å². The van der Waals surface area contributed by atoms with Crippen molar-refractivity contribution in [2.75, 3.05) is 0 Å². The second-order valence-corrected chi connectivity index (χ2v) is 11.8. The number of aryl methyl sites for hydroxylation is 1. The zero-order valence-corrected chi connectivity index (χ0v) is 28.4. The molecule has 2 heterocycles. The molecule has 0 saturated carbocycles. The molecule has 16 heteroatoms. The fourth-order valence-corrected chi connectivity index (χ4v) is 4.83. The molecule has 0 aliphatic rings. The minimum atomic E-state index is -1.21. The lowest BCUT2D eigenvalue weighted by atomic mass is 10.00. The number of primary amides is 1. The van der Waals surface area contributed by atoms with Crippen LogP contribution in [0.15, 0.2) is 71.4 Å². The van der Waals surface area contributed by atoms with Gasteiger partial charge in [0.25, 0.3) is 5.91 Å². The van der Waals surface area contributed by atoms with Crippen molar-refractivity contribution in [1.82, 2.24) is 31.3 Å². The first-order chi connectivity index (χ1) is 23.4. The van der Waals surface area contributed by atoms with Crippen molar-refractivity contribution in [2.45, 2.75) is 64.8 Å². The molecule has 2 aromatic heterocycles. The average molecular weight is 712 g/mol. The maximum Gasteiger partial charge on any atom is 0.330 e. The van der Waals surface area contributed by atoms with Crippen LogP contribution in [0.25, 0.3) is 10.9 Å². The number of rotatable bonds is 16. The van der Waals surface area contributed by atoms with Gasteiger partial charge in [0.15, 0.2) is 5.69 Å². The van der Waals surface area contributed by atoms with E-state index in [4.69, 9.17) is 15.0 Å². The van der Waals surface area contributed by atoms with E-state index in [-0.39, 0.29) is 44.0 Å². The van der Waals surface area contributed by atoms with Crippen LogP contribution in [0.3, 0.4) is 0 Å². The van der Waals surface area contributed by atoms with E-state index in [1.54, 1.807) is 33.0 Å². The molecule has 14 nitrogen and oxygen atoms in total. The van der Waals surface area contributed by atoms with Gasteiger partial charge in [-0.3, -0.25) is 24.3 Å². The summed E-state index contributed by atoms with van der Waals surface area (Å²) in [6, 6.07) is 9.10. The fraction of sp³-hybridized carbons (Fsp3) is 0.324. The Hall–Kier alpha value is -5.57. The first-order valence-electron chi connectivity index (χ1n) is 15.5. The number of carbonyl (C=O) groups is 5. The van der Waals surface area contributed by atoms with E-state index < -0.39 is 59.5 Å². The highest BCUT2D eigenvalue weighted by Crippen LogP contribution is 2.14. The Kier molecular flexibility index (Phi) is 14.2. The van der Waals surface area contributed by atoms with Crippen LogP contribution in [-0.4, -0.2) is 63.1 Å². The number of H-pyrrole nitrogens is 1. The number of amides is 4. The normalized spacial score (nSPS) is 12.9. The standard InChI is InChI=1S/C34H38FN7O7.ClH/c1-19(2)31(40-33(46)28-14-20(3)49-42-28)34(47)39-27(16-21-4-7-24(35)8-5-21)32(45)38-25(9-12-29(36)43)10-13-30(44)48-18-22-6-11-26-23(15-22)17-37-41-26;/h4-8,10-11,13-15,17,19,25,27,31H,9,12,16,18H2,1-3H3,(H2,36,43)(H,37,41)(H,38,45)(H,39,47)(H,40,46);1H/b13-10+;/t25-,27+,31+;/m1./s1. The lowest BCUT2D eigenvalue weighted by molar-refractivity contribution is -0.139. The summed E-state index contributed by atoms with van der Waals surface area (Å²) in [5.74, 6) is -3.76. The van der Waals surface area contributed by atoms with Crippen LogP contribution >= 0.6 is 12.4 Å². The first kappa shape index (κ1) is 38.9. The molecule has 4 aromatic rings. The van der Waals surface area contributed by atoms with Crippen LogP contribution in [0.1, 0.15) is 54.1 Å². The van der Waals surface area contributed by atoms with Gasteiger partial charge in [0, 0.05) is 36.4 Å². The number of fused-ring (bicyclic) bond motifs is 1. The van der Waals surface area contributed by atoms with E-state index >= 15 is 0 Å². The Balaban J connectivity index is 0.00000676. The van der Waals surface area contributed by atoms with Gasteiger partial charge in [-0.1, -0.05) is 43.3 Å². The minimum Gasteiger partial charge on any atom is -0.458 e. The summed E-state index contributed by atoms with van der Waals surface area (Å²) in [5, 5.41) is 19.4. The van der Waals surface area contributed by atoms with Crippen molar-refractivity contribution in [3.63, 3.8) is 0 Å². The van der Waals surface area contributed by atoms with Crippen molar-refractivity contribution < 1.29 is 37.6 Å². The summed E-state index contributed by atoms with van der Waals surface area (Å²) in [6.45, 7) is 5.03. The predicted octanol–water partition coefficient (Wildman–Crippen LogP) is 2.95. The third-order valence-corrected chi connectivity index (χ3v) is 7.46. The Morgan fingerprint density at radius 2 is 1.72 bits per heavy atom. The quantitative estimate of drug-likeness (QED) is 0.0853. The SMILES string of the molecule is Cc1cc(C(=O)N[C@H](C(=O)N[C@@H](Cc2ccc(F)cc2)C(=O)N[C@@H](/C=C/C(=O)OCc2ccc3[nH]ncc3c2)CCC(N)=O)C(C)C)no1.Cl. The number of ether oxygens (including phenoxy) is 1. The van der Waals surface area contributed by atoms with Gasteiger partial charge in [-0.25, -0.2) is 9.18 Å². The summed E-state index contributed by atoms with van der Waals surface area (Å²) in [4.78, 5) is 64.2. The summed E-state index contributed by atoms with van der Waals surface area (Å²) >= 11 is 0. The number of nitrogens with zero attached hydrogens (tertiary/aromatic N) is 2. The number of hydrogen-bond acceptors (Lipinski definition) is 9. The molecule has 4 rings (SSSR count). The molecule has 0 radical (unpaired) electrons. The second kappa shape index (κ2) is 18.3. The topological polar surface area (TPSA) is 211 Å². The molecule has 2 aromatic carbocycles. The molecule has 0 bridgehead atoms. The smallest absolute Gasteiger partial charge is 0.330 e. The van der Waals surface area contributed by atoms with Crippen LogP contribution in [0.4, 0.5) is 4.39 Å². The monoisotopic (exact) mass is 711 g/mol. The third kappa shape index (κ3) is 11.5. The molecule has 50 heavy (non-hydrogen) atoms. The van der Waals surface area contributed by atoms with Crippen LogP contribution in [0.2, 0.25) is 0 Å². The zero-order valence-electron chi connectivity index (χ0n) is 27.6. The summed E-state index contributed by atoms with van der Waals surface area (Å²) in [6.07, 6.45) is 4.03. The Labute approximate surface area is 293 Å². The van der Waals surface area contributed by atoms with E-state index in [1.807, 2.05) is 12.1 Å². The highest BCUT2D eigenvalue weighted by molar-refractivity contribution is 5.97. The van der Waals surface area contributed by atoms with E-state index in [0.29, 0.717) is 11.3 Å². The fourth-order valence-electron chi connectivity index (χ4n) is 4.83. The van der Waals surface area contributed by atoms with Gasteiger partial charge in [-0.05, 0) is 54.7 Å². The van der Waals surface area contributed by atoms with Crippen molar-refractivity contribution in [2.24, 2.45) is 11.7 Å². The van der Waals surface area contributed by atoms with Gasteiger partial charge in [0.1, 0.15) is 30.3 Å². The van der Waals surface area contributed by atoms with Gasteiger partial charge >= 0.3 is 5.97 Å². The molecule has 0 unspecified atom stereocenters. The number of aromatic amines is 1. The van der Waals surface area contributed by atoms with Crippen LogP contribution in [0, 0.1) is 18.7 Å². The predicted molar refractivity (Wildman–Crippen MR) is 182 cm³/mol. The first-order valence-corrected chi connectivity index (χ1v) is 15.5. The number of aromatic nitrogens is 3. The van der Waals surface area contributed by atoms with Crippen molar-refractivity contribution in [3.8, 4) is 0 Å². The molecule has 0 aliphatic carbocycles. The van der Waals surface area contributed by atoms with Crippen molar-refractivity contribution in [1.29, 1.82) is 0 Å². The summed E-state index contributed by atoms with van der Waals surface area (Å²) in [5.41, 5.74) is 7.44. The van der Waals surface area contributed by atoms with Gasteiger partial charge in [-0.2, -0.15) is 5.10 Å². The van der Waals surface area contributed by atoms with Crippen LogP contribution in [-0.2, 0) is 36.9 Å². The molecule has 0 fully saturated rings. The molecule has 6 N–H and O–H groups in total. The highest BCUT2D eigenvalue weighted by atomic mass is 35.5. The highest BCUT2D eigenvalue weighted by Gasteiger charge is 2.30. The van der Waals surface area contributed by atoms with E-state index in [9.17, 15) is 28.4 Å². The molecule has 266 valence electrons. The van der Waals surface area contributed by atoms with Gasteiger partial charge in [0.05, 0.1) is 11.7 Å². The lowest BCUT2D eigenvalue weighted by Crippen LogP contribution is -2.56. The number of carbonyl (C=O) groups excluding carboxylic acids is 5. The van der Waals surface area contributed by atoms with Gasteiger partial charge in [-0.15, -0.1) is 12.4 Å². The number of hydrogen-bond donors (Lipinski definition) is 5. The Morgan fingerprint density at radius 3 is 2.38 bits per heavy atom. The molecular weight excluding hydrogens is 673 g/mol.